The first-order valence-electron chi connectivity index (χ1n) is 11.6. The number of alkyl halides is 3. The predicted octanol–water partition coefficient (Wildman–Crippen LogP) is 5.54. The number of para-hydroxylation sites is 1. The second-order valence-corrected chi connectivity index (χ2v) is 11.1. The molecular formula is C24H27ClF3N5O2S. The minimum Gasteiger partial charge on any atom is -0.372 e. The van der Waals surface area contributed by atoms with Crippen LogP contribution in [-0.4, -0.2) is 38.5 Å². The Kier molecular flexibility index (Phi) is 7.91. The Hall–Kier alpha value is -2.63. The maximum atomic E-state index is 13.0. The van der Waals surface area contributed by atoms with Gasteiger partial charge < -0.3 is 10.6 Å². The summed E-state index contributed by atoms with van der Waals surface area (Å²) < 4.78 is 66.8. The smallest absolute Gasteiger partial charge is 0.372 e. The summed E-state index contributed by atoms with van der Waals surface area (Å²) in [6.45, 7) is 0.841. The van der Waals surface area contributed by atoms with E-state index in [0.29, 0.717) is 24.5 Å². The fourth-order valence-corrected chi connectivity index (χ4v) is 6.05. The van der Waals surface area contributed by atoms with Crippen LogP contribution in [0, 0.1) is 11.8 Å². The molecule has 0 saturated heterocycles. The number of hydrogen-bond acceptors (Lipinski definition) is 6. The first-order chi connectivity index (χ1) is 17.1. The maximum absolute atomic E-state index is 13.0. The van der Waals surface area contributed by atoms with Crippen LogP contribution in [0.15, 0.2) is 47.4 Å². The molecule has 3 aromatic rings. The Morgan fingerprint density at radius 3 is 2.33 bits per heavy atom. The standard InChI is InChI=1S/C24H27ClF3N5O2S/c1-29-22-18-4-2-3-5-20(18)32-23(33-22)30-13-15-6-8-16(9-7-15)14-31-36(34,35)21-12-17(24(26,27)28)10-11-19(21)25/h2-5,10-12,15-16,31H,6-9,13-14H2,1H3,(H2,29,30,32,33)/t15-,16-. The van der Waals surface area contributed by atoms with Gasteiger partial charge in [0.25, 0.3) is 0 Å². The number of hydrogen-bond donors (Lipinski definition) is 3. The number of fused-ring (bicyclic) bond motifs is 1. The highest BCUT2D eigenvalue weighted by Crippen LogP contribution is 2.34. The van der Waals surface area contributed by atoms with Crippen molar-refractivity contribution in [3.05, 3.63) is 53.1 Å². The lowest BCUT2D eigenvalue weighted by atomic mass is 9.82. The summed E-state index contributed by atoms with van der Waals surface area (Å²) in [5.41, 5.74) is -0.214. The molecule has 0 radical (unpaired) electrons. The molecule has 2 aromatic carbocycles. The van der Waals surface area contributed by atoms with Crippen molar-refractivity contribution in [3.8, 4) is 0 Å². The average molecular weight is 542 g/mol. The van der Waals surface area contributed by atoms with E-state index in [-0.39, 0.29) is 17.5 Å². The van der Waals surface area contributed by atoms with E-state index in [9.17, 15) is 21.6 Å². The number of benzene rings is 2. The summed E-state index contributed by atoms with van der Waals surface area (Å²) in [5.74, 6) is 1.77. The molecule has 0 spiro atoms. The lowest BCUT2D eigenvalue weighted by molar-refractivity contribution is -0.137. The van der Waals surface area contributed by atoms with Gasteiger partial charge in [0.1, 0.15) is 10.7 Å². The molecule has 0 unspecified atom stereocenters. The van der Waals surface area contributed by atoms with Crippen molar-refractivity contribution in [2.75, 3.05) is 30.8 Å². The molecule has 0 aliphatic heterocycles. The van der Waals surface area contributed by atoms with Crippen molar-refractivity contribution in [3.63, 3.8) is 0 Å². The summed E-state index contributed by atoms with van der Waals surface area (Å²) in [4.78, 5) is 8.56. The van der Waals surface area contributed by atoms with E-state index < -0.39 is 26.7 Å². The molecule has 0 amide bonds. The first-order valence-corrected chi connectivity index (χ1v) is 13.5. The number of nitrogens with one attached hydrogen (secondary N) is 3. The van der Waals surface area contributed by atoms with Crippen molar-refractivity contribution in [1.29, 1.82) is 0 Å². The number of rotatable bonds is 8. The number of sulfonamides is 1. The van der Waals surface area contributed by atoms with Crippen LogP contribution >= 0.6 is 11.6 Å². The van der Waals surface area contributed by atoms with Crippen LogP contribution in [0.1, 0.15) is 31.2 Å². The second-order valence-electron chi connectivity index (χ2n) is 8.93. The molecule has 1 heterocycles. The SMILES string of the molecule is CNc1nc(NC[C@H]2CC[C@H](CNS(=O)(=O)c3cc(C(F)(F)F)ccc3Cl)CC2)nc2ccccc12. The van der Waals surface area contributed by atoms with E-state index >= 15 is 0 Å². The van der Waals surface area contributed by atoms with E-state index in [4.69, 9.17) is 11.6 Å². The summed E-state index contributed by atoms with van der Waals surface area (Å²) in [6.07, 6.45) is -1.29. The Morgan fingerprint density at radius 2 is 1.67 bits per heavy atom. The average Bonchev–Trinajstić information content (AvgIpc) is 2.85. The van der Waals surface area contributed by atoms with Gasteiger partial charge in [-0.3, -0.25) is 0 Å². The predicted molar refractivity (Wildman–Crippen MR) is 135 cm³/mol. The minimum atomic E-state index is -4.66. The van der Waals surface area contributed by atoms with Crippen LogP contribution < -0.4 is 15.4 Å². The molecule has 12 heteroatoms. The van der Waals surface area contributed by atoms with Crippen LogP contribution in [0.25, 0.3) is 10.9 Å². The van der Waals surface area contributed by atoms with Gasteiger partial charge in [0.05, 0.1) is 16.1 Å². The molecule has 3 N–H and O–H groups in total. The molecule has 7 nitrogen and oxygen atoms in total. The summed E-state index contributed by atoms with van der Waals surface area (Å²) in [5, 5.41) is 7.11. The topological polar surface area (TPSA) is 96.0 Å². The van der Waals surface area contributed by atoms with Gasteiger partial charge in [-0.25, -0.2) is 18.1 Å². The van der Waals surface area contributed by atoms with Gasteiger partial charge in [-0.1, -0.05) is 23.7 Å². The van der Waals surface area contributed by atoms with Crippen molar-refractivity contribution in [2.24, 2.45) is 11.8 Å². The van der Waals surface area contributed by atoms with E-state index in [1.807, 2.05) is 31.3 Å². The molecule has 1 aliphatic rings. The molecule has 1 aromatic heterocycles. The van der Waals surface area contributed by atoms with Crippen molar-refractivity contribution >= 4 is 44.3 Å². The first kappa shape index (κ1) is 26.4. The van der Waals surface area contributed by atoms with E-state index in [1.165, 1.54) is 0 Å². The van der Waals surface area contributed by atoms with E-state index in [2.05, 4.69) is 25.3 Å². The Morgan fingerprint density at radius 1 is 1.00 bits per heavy atom. The van der Waals surface area contributed by atoms with Crippen LogP contribution in [0.3, 0.4) is 0 Å². The zero-order chi connectivity index (χ0) is 25.9. The van der Waals surface area contributed by atoms with Crippen LogP contribution in [0.5, 0.6) is 0 Å². The zero-order valence-corrected chi connectivity index (χ0v) is 21.1. The highest BCUT2D eigenvalue weighted by Gasteiger charge is 2.33. The maximum Gasteiger partial charge on any atom is 0.416 e. The molecular weight excluding hydrogens is 515 g/mol. The lowest BCUT2D eigenvalue weighted by Crippen LogP contribution is -2.32. The van der Waals surface area contributed by atoms with Gasteiger partial charge in [0, 0.05) is 25.5 Å². The quantitative estimate of drug-likeness (QED) is 0.346. The third kappa shape index (κ3) is 6.19. The van der Waals surface area contributed by atoms with Gasteiger partial charge in [0.2, 0.25) is 16.0 Å². The lowest BCUT2D eigenvalue weighted by Gasteiger charge is -2.28. The molecule has 1 aliphatic carbocycles. The van der Waals surface area contributed by atoms with Crippen LogP contribution in [-0.2, 0) is 16.2 Å². The van der Waals surface area contributed by atoms with Crippen molar-refractivity contribution in [2.45, 2.75) is 36.8 Å². The van der Waals surface area contributed by atoms with Crippen LogP contribution in [0.4, 0.5) is 24.9 Å². The highest BCUT2D eigenvalue weighted by molar-refractivity contribution is 7.89. The van der Waals surface area contributed by atoms with Gasteiger partial charge in [0.15, 0.2) is 0 Å². The van der Waals surface area contributed by atoms with Crippen LogP contribution in [0.2, 0.25) is 5.02 Å². The number of anilines is 2. The number of aromatic nitrogens is 2. The molecule has 0 atom stereocenters. The summed E-state index contributed by atoms with van der Waals surface area (Å²) in [7, 11) is -2.36. The second kappa shape index (κ2) is 10.8. The van der Waals surface area contributed by atoms with Crippen molar-refractivity contribution < 1.29 is 21.6 Å². The minimum absolute atomic E-state index is 0.0911. The van der Waals surface area contributed by atoms with Gasteiger partial charge >= 0.3 is 6.18 Å². The van der Waals surface area contributed by atoms with Gasteiger partial charge in [-0.2, -0.15) is 18.2 Å². The van der Waals surface area contributed by atoms with E-state index in [0.717, 1.165) is 54.5 Å². The molecule has 36 heavy (non-hydrogen) atoms. The molecule has 4 rings (SSSR count). The fourth-order valence-electron chi connectivity index (χ4n) is 4.41. The number of halogens is 4. The number of nitrogens with zero attached hydrogens (tertiary/aromatic N) is 2. The Labute approximate surface area is 212 Å². The third-order valence-electron chi connectivity index (χ3n) is 6.47. The van der Waals surface area contributed by atoms with Gasteiger partial charge in [-0.05, 0) is 67.9 Å². The third-order valence-corrected chi connectivity index (χ3v) is 8.37. The molecule has 0 bridgehead atoms. The molecule has 1 saturated carbocycles. The Bertz CT molecular complexity index is 1330. The summed E-state index contributed by atoms with van der Waals surface area (Å²) in [6, 6.07) is 10.0. The largest absolute Gasteiger partial charge is 0.416 e. The van der Waals surface area contributed by atoms with E-state index in [1.54, 1.807) is 0 Å². The van der Waals surface area contributed by atoms with Crippen molar-refractivity contribution in [1.82, 2.24) is 14.7 Å². The summed E-state index contributed by atoms with van der Waals surface area (Å²) >= 11 is 5.90. The normalized spacial score (nSPS) is 18.8. The monoisotopic (exact) mass is 541 g/mol. The highest BCUT2D eigenvalue weighted by atomic mass is 35.5. The molecule has 1 fully saturated rings. The van der Waals surface area contributed by atoms with Gasteiger partial charge in [-0.15, -0.1) is 0 Å². The molecule has 194 valence electrons. The fraction of sp³-hybridized carbons (Fsp3) is 0.417. The zero-order valence-electron chi connectivity index (χ0n) is 19.6. The Balaban J connectivity index is 1.30.